The van der Waals surface area contributed by atoms with Gasteiger partial charge in [0.15, 0.2) is 5.96 Å². The molecule has 2 N–H and O–H groups in total. The van der Waals surface area contributed by atoms with Crippen molar-refractivity contribution >= 4 is 11.9 Å². The highest BCUT2D eigenvalue weighted by Crippen LogP contribution is 2.10. The van der Waals surface area contributed by atoms with Crippen molar-refractivity contribution < 1.29 is 4.79 Å². The molecule has 0 aliphatic carbocycles. The summed E-state index contributed by atoms with van der Waals surface area (Å²) in [4.78, 5) is 17.5. The molecule has 21 heavy (non-hydrogen) atoms. The fourth-order valence-electron chi connectivity index (χ4n) is 1.82. The number of guanidine groups is 1. The maximum atomic E-state index is 11.6. The first-order valence-electron chi connectivity index (χ1n) is 7.88. The van der Waals surface area contributed by atoms with Gasteiger partial charge in [-0.05, 0) is 12.3 Å². The number of hydrogen-bond acceptors (Lipinski definition) is 2. The van der Waals surface area contributed by atoms with Gasteiger partial charge >= 0.3 is 0 Å². The molecule has 0 heterocycles. The summed E-state index contributed by atoms with van der Waals surface area (Å²) in [7, 11) is 3.47. The molecule has 0 aliphatic rings. The number of nitrogens with zero attached hydrogens (tertiary/aromatic N) is 2. The van der Waals surface area contributed by atoms with Gasteiger partial charge in [-0.25, -0.2) is 4.99 Å². The first kappa shape index (κ1) is 19.5. The van der Waals surface area contributed by atoms with Gasteiger partial charge in [-0.2, -0.15) is 0 Å². The second-order valence-corrected chi connectivity index (χ2v) is 5.42. The molecule has 0 aliphatic heterocycles. The van der Waals surface area contributed by atoms with Crippen LogP contribution in [0, 0.1) is 5.92 Å². The van der Waals surface area contributed by atoms with Crippen LogP contribution in [0.2, 0.25) is 0 Å². The van der Waals surface area contributed by atoms with Crippen molar-refractivity contribution in [3.63, 3.8) is 0 Å². The molecular weight excluding hydrogens is 264 g/mol. The lowest BCUT2D eigenvalue weighted by Crippen LogP contribution is -2.40. The number of aliphatic imine (C=N–C) groups is 1. The third kappa shape index (κ3) is 9.93. The summed E-state index contributed by atoms with van der Waals surface area (Å²) < 4.78 is 0. The Labute approximate surface area is 129 Å². The number of carbonyl (C=O) groups is 1. The first-order chi connectivity index (χ1) is 10.0. The average Bonchev–Trinajstić information content (AvgIpc) is 2.48. The third-order valence-electron chi connectivity index (χ3n) is 3.39. The van der Waals surface area contributed by atoms with Crippen LogP contribution in [0.5, 0.6) is 0 Å². The van der Waals surface area contributed by atoms with Crippen LogP contribution in [0.4, 0.5) is 0 Å². The van der Waals surface area contributed by atoms with Gasteiger partial charge in [0.2, 0.25) is 5.91 Å². The highest BCUT2D eigenvalue weighted by Gasteiger charge is 2.08. The van der Waals surface area contributed by atoms with E-state index in [2.05, 4.69) is 36.1 Å². The Hall–Kier alpha value is -1.52. The van der Waals surface area contributed by atoms with Gasteiger partial charge in [0.25, 0.3) is 0 Å². The summed E-state index contributed by atoms with van der Waals surface area (Å²) in [5.74, 6) is 1.32. The smallest absolute Gasteiger partial charge is 0.243 e. The Morgan fingerprint density at radius 3 is 2.57 bits per heavy atom. The second kappa shape index (κ2) is 12.2. The summed E-state index contributed by atoms with van der Waals surface area (Å²) in [5.41, 5.74) is 0. The van der Waals surface area contributed by atoms with Crippen LogP contribution in [0.3, 0.4) is 0 Å². The van der Waals surface area contributed by atoms with Gasteiger partial charge in [-0.3, -0.25) is 4.79 Å². The Bertz CT molecular complexity index is 326. The number of carbonyl (C=O) groups excluding carboxylic acids is 1. The van der Waals surface area contributed by atoms with Crippen LogP contribution in [0.25, 0.3) is 0 Å². The molecule has 0 saturated carbocycles. The molecule has 5 heteroatoms. The predicted octanol–water partition coefficient (Wildman–Crippen LogP) is 2.01. The van der Waals surface area contributed by atoms with Crippen molar-refractivity contribution in [3.05, 3.63) is 12.7 Å². The van der Waals surface area contributed by atoms with Crippen molar-refractivity contribution in [2.45, 2.75) is 39.5 Å². The molecule has 0 aromatic rings. The quantitative estimate of drug-likeness (QED) is 0.368. The van der Waals surface area contributed by atoms with Crippen LogP contribution in [-0.2, 0) is 4.79 Å². The molecule has 1 amide bonds. The lowest BCUT2D eigenvalue weighted by atomic mass is 9.99. The Balaban J connectivity index is 4.42. The fourth-order valence-corrected chi connectivity index (χ4v) is 1.82. The minimum Gasteiger partial charge on any atom is -0.356 e. The number of hydrogen-bond donors (Lipinski definition) is 2. The lowest BCUT2D eigenvalue weighted by molar-refractivity contribution is -0.127. The van der Waals surface area contributed by atoms with Crippen LogP contribution >= 0.6 is 0 Å². The predicted molar refractivity (Wildman–Crippen MR) is 90.5 cm³/mol. The SMILES string of the molecule is C=CCNC(=NCC(=O)N(C)C)NCC(CC)CCCC. The van der Waals surface area contributed by atoms with Gasteiger partial charge in [0.1, 0.15) is 6.54 Å². The van der Waals surface area contributed by atoms with Crippen molar-refractivity contribution in [2.24, 2.45) is 10.9 Å². The van der Waals surface area contributed by atoms with Crippen molar-refractivity contribution in [3.8, 4) is 0 Å². The van der Waals surface area contributed by atoms with Gasteiger partial charge in [-0.1, -0.05) is 39.2 Å². The van der Waals surface area contributed by atoms with Crippen LogP contribution in [0.15, 0.2) is 17.6 Å². The van der Waals surface area contributed by atoms with Crippen LogP contribution in [-0.4, -0.2) is 50.5 Å². The molecule has 0 aromatic heterocycles. The third-order valence-corrected chi connectivity index (χ3v) is 3.39. The van der Waals surface area contributed by atoms with Gasteiger partial charge in [-0.15, -0.1) is 6.58 Å². The maximum Gasteiger partial charge on any atom is 0.243 e. The Morgan fingerprint density at radius 2 is 2.05 bits per heavy atom. The molecule has 0 spiro atoms. The van der Waals surface area contributed by atoms with E-state index in [-0.39, 0.29) is 12.5 Å². The topological polar surface area (TPSA) is 56.7 Å². The summed E-state index contributed by atoms with van der Waals surface area (Å²) in [5, 5.41) is 6.48. The monoisotopic (exact) mass is 296 g/mol. The van der Waals surface area contributed by atoms with Gasteiger partial charge < -0.3 is 15.5 Å². The second-order valence-electron chi connectivity index (χ2n) is 5.42. The molecule has 0 fully saturated rings. The van der Waals surface area contributed by atoms with E-state index in [1.54, 1.807) is 25.1 Å². The highest BCUT2D eigenvalue weighted by molar-refractivity contribution is 5.84. The van der Waals surface area contributed by atoms with Crippen molar-refractivity contribution in [1.29, 1.82) is 0 Å². The van der Waals surface area contributed by atoms with Crippen molar-refractivity contribution in [2.75, 3.05) is 33.7 Å². The number of unbranched alkanes of at least 4 members (excludes halogenated alkanes) is 1. The zero-order valence-corrected chi connectivity index (χ0v) is 14.1. The number of nitrogens with one attached hydrogen (secondary N) is 2. The van der Waals surface area contributed by atoms with E-state index in [0.29, 0.717) is 18.4 Å². The van der Waals surface area contributed by atoms with E-state index in [1.165, 1.54) is 19.3 Å². The molecule has 122 valence electrons. The van der Waals surface area contributed by atoms with Crippen molar-refractivity contribution in [1.82, 2.24) is 15.5 Å². The van der Waals surface area contributed by atoms with Gasteiger partial charge in [0, 0.05) is 27.2 Å². The largest absolute Gasteiger partial charge is 0.356 e. The minimum absolute atomic E-state index is 0.00673. The van der Waals surface area contributed by atoms with Crippen LogP contribution < -0.4 is 10.6 Å². The average molecular weight is 296 g/mol. The summed E-state index contributed by atoms with van der Waals surface area (Å²) in [6, 6.07) is 0. The first-order valence-corrected chi connectivity index (χ1v) is 7.88. The molecule has 0 radical (unpaired) electrons. The molecule has 1 atom stereocenters. The Kier molecular flexibility index (Phi) is 11.4. The maximum absolute atomic E-state index is 11.6. The van der Waals surface area contributed by atoms with E-state index in [0.717, 1.165) is 13.0 Å². The van der Waals surface area contributed by atoms with Gasteiger partial charge in [0.05, 0.1) is 0 Å². The summed E-state index contributed by atoms with van der Waals surface area (Å²) >= 11 is 0. The normalized spacial score (nSPS) is 12.7. The summed E-state index contributed by atoms with van der Waals surface area (Å²) in [6.07, 6.45) is 6.64. The zero-order valence-electron chi connectivity index (χ0n) is 14.1. The molecule has 1 unspecified atom stereocenters. The fraction of sp³-hybridized carbons (Fsp3) is 0.750. The zero-order chi connectivity index (χ0) is 16.1. The molecular formula is C16H32N4O. The number of likely N-dealkylation sites (N-methyl/N-ethyl adjacent to an activating group) is 1. The highest BCUT2D eigenvalue weighted by atomic mass is 16.2. The molecule has 5 nitrogen and oxygen atoms in total. The summed E-state index contributed by atoms with van der Waals surface area (Å²) in [6.45, 7) is 9.79. The van der Waals surface area contributed by atoms with E-state index in [9.17, 15) is 4.79 Å². The minimum atomic E-state index is -0.00673. The Morgan fingerprint density at radius 1 is 1.33 bits per heavy atom. The van der Waals surface area contributed by atoms with E-state index in [4.69, 9.17) is 0 Å². The van der Waals surface area contributed by atoms with Crippen LogP contribution in [0.1, 0.15) is 39.5 Å². The molecule has 0 saturated heterocycles. The van der Waals surface area contributed by atoms with E-state index < -0.39 is 0 Å². The molecule has 0 bridgehead atoms. The number of rotatable bonds is 10. The van der Waals surface area contributed by atoms with E-state index in [1.807, 2.05) is 0 Å². The standard InChI is InChI=1S/C16H32N4O/c1-6-9-10-14(8-3)12-18-16(17-11-7-2)19-13-15(21)20(4)5/h7,14H,2,6,8-13H2,1,3-5H3,(H2,17,18,19). The molecule has 0 aromatic carbocycles. The van der Waals surface area contributed by atoms with E-state index >= 15 is 0 Å². The molecule has 0 rings (SSSR count). The lowest BCUT2D eigenvalue weighted by Gasteiger charge is -2.18. The number of amides is 1.